The molecule has 2 nitrogen and oxygen atoms in total. The summed E-state index contributed by atoms with van der Waals surface area (Å²) in [5, 5.41) is 1.64. The number of aryl methyl sites for hydroxylation is 1. The Morgan fingerprint density at radius 3 is 2.68 bits per heavy atom. The van der Waals surface area contributed by atoms with Crippen LogP contribution in [-0.2, 0) is 0 Å². The first-order chi connectivity index (χ1) is 9.08. The van der Waals surface area contributed by atoms with Gasteiger partial charge in [0.2, 0.25) is 0 Å². The zero-order chi connectivity index (χ0) is 13.8. The summed E-state index contributed by atoms with van der Waals surface area (Å²) < 4.78 is 0. The zero-order valence-electron chi connectivity index (χ0n) is 11.0. The lowest BCUT2D eigenvalue weighted by molar-refractivity contribution is 0.719. The summed E-state index contributed by atoms with van der Waals surface area (Å²) in [4.78, 5) is 4.32. The second-order valence-corrected chi connectivity index (χ2v) is 6.14. The second kappa shape index (κ2) is 6.42. The Labute approximate surface area is 123 Å². The molecule has 0 saturated carbocycles. The second-order valence-electron chi connectivity index (χ2n) is 4.60. The van der Waals surface area contributed by atoms with Gasteiger partial charge < -0.3 is 5.73 Å². The molecule has 2 aromatic rings. The van der Waals surface area contributed by atoms with E-state index in [-0.39, 0.29) is 11.3 Å². The van der Waals surface area contributed by atoms with Crippen molar-refractivity contribution in [1.29, 1.82) is 0 Å². The zero-order valence-corrected chi connectivity index (χ0v) is 12.6. The molecular formula is C15H17ClN2S. The fourth-order valence-corrected chi connectivity index (χ4v) is 3.20. The lowest BCUT2D eigenvalue weighted by Crippen LogP contribution is -2.22. The Kier molecular flexibility index (Phi) is 4.86. The van der Waals surface area contributed by atoms with Crippen LogP contribution < -0.4 is 5.73 Å². The molecule has 0 fully saturated rings. The molecule has 0 spiro atoms. The highest BCUT2D eigenvalue weighted by molar-refractivity contribution is 7.99. The average molecular weight is 293 g/mol. The lowest BCUT2D eigenvalue weighted by atomic mass is 10.0. The number of aromatic nitrogens is 1. The van der Waals surface area contributed by atoms with Crippen LogP contribution in [0.4, 0.5) is 0 Å². The summed E-state index contributed by atoms with van der Waals surface area (Å²) >= 11 is 7.78. The topological polar surface area (TPSA) is 38.9 Å². The van der Waals surface area contributed by atoms with Crippen LogP contribution in [0.25, 0.3) is 0 Å². The molecule has 2 rings (SSSR count). The van der Waals surface area contributed by atoms with Gasteiger partial charge >= 0.3 is 0 Å². The molecule has 1 aromatic carbocycles. The molecule has 0 radical (unpaired) electrons. The first-order valence-electron chi connectivity index (χ1n) is 6.17. The Balaban J connectivity index is 2.29. The molecule has 0 aliphatic carbocycles. The van der Waals surface area contributed by atoms with E-state index in [4.69, 9.17) is 17.3 Å². The molecule has 19 heavy (non-hydrogen) atoms. The van der Waals surface area contributed by atoms with E-state index in [2.05, 4.69) is 36.2 Å². The highest BCUT2D eigenvalue weighted by atomic mass is 35.5. The number of nitrogens with two attached hydrogens (primary N) is 1. The number of nitrogens with zero attached hydrogens (tertiary/aromatic N) is 1. The Morgan fingerprint density at radius 2 is 2.05 bits per heavy atom. The SMILES string of the molecule is Cc1cccc(C(Sc2ncccc2Cl)C(C)N)c1. The minimum absolute atomic E-state index is 0.0184. The van der Waals surface area contributed by atoms with Crippen molar-refractivity contribution in [1.82, 2.24) is 4.98 Å². The van der Waals surface area contributed by atoms with Gasteiger partial charge in [-0.2, -0.15) is 0 Å². The van der Waals surface area contributed by atoms with Crippen LogP contribution in [-0.4, -0.2) is 11.0 Å². The lowest BCUT2D eigenvalue weighted by Gasteiger charge is -2.21. The van der Waals surface area contributed by atoms with E-state index in [9.17, 15) is 0 Å². The summed E-state index contributed by atoms with van der Waals surface area (Å²) in [7, 11) is 0. The first-order valence-corrected chi connectivity index (χ1v) is 7.43. The smallest absolute Gasteiger partial charge is 0.115 e. The van der Waals surface area contributed by atoms with E-state index in [0.29, 0.717) is 5.02 Å². The Morgan fingerprint density at radius 1 is 1.26 bits per heavy atom. The third kappa shape index (κ3) is 3.72. The normalized spacial score (nSPS) is 14.1. The van der Waals surface area contributed by atoms with Crippen molar-refractivity contribution in [3.63, 3.8) is 0 Å². The first kappa shape index (κ1) is 14.4. The van der Waals surface area contributed by atoms with E-state index >= 15 is 0 Å². The van der Waals surface area contributed by atoms with Crippen molar-refractivity contribution in [3.05, 3.63) is 58.7 Å². The average Bonchev–Trinajstić information content (AvgIpc) is 2.37. The molecule has 2 atom stereocenters. The van der Waals surface area contributed by atoms with Gasteiger partial charge in [-0.05, 0) is 31.5 Å². The van der Waals surface area contributed by atoms with E-state index < -0.39 is 0 Å². The maximum Gasteiger partial charge on any atom is 0.115 e. The summed E-state index contributed by atoms with van der Waals surface area (Å²) in [6.45, 7) is 4.09. The van der Waals surface area contributed by atoms with E-state index in [1.54, 1.807) is 18.0 Å². The van der Waals surface area contributed by atoms with E-state index in [0.717, 1.165) is 5.03 Å². The van der Waals surface area contributed by atoms with Crippen LogP contribution in [0.2, 0.25) is 5.02 Å². The van der Waals surface area contributed by atoms with Crippen LogP contribution in [0.3, 0.4) is 0 Å². The van der Waals surface area contributed by atoms with Gasteiger partial charge in [-0.25, -0.2) is 4.98 Å². The number of benzene rings is 1. The van der Waals surface area contributed by atoms with Crippen LogP contribution in [0.5, 0.6) is 0 Å². The summed E-state index contributed by atoms with van der Waals surface area (Å²) in [5.41, 5.74) is 8.57. The molecule has 2 unspecified atom stereocenters. The van der Waals surface area contributed by atoms with E-state index in [1.807, 2.05) is 19.1 Å². The predicted octanol–water partition coefficient (Wildman–Crippen LogP) is 4.22. The van der Waals surface area contributed by atoms with Crippen LogP contribution in [0.1, 0.15) is 23.3 Å². The van der Waals surface area contributed by atoms with Gasteiger partial charge in [0.05, 0.1) is 10.3 Å². The highest BCUT2D eigenvalue weighted by Crippen LogP contribution is 2.39. The van der Waals surface area contributed by atoms with Gasteiger partial charge in [-0.15, -0.1) is 0 Å². The van der Waals surface area contributed by atoms with Gasteiger partial charge in [0, 0.05) is 12.2 Å². The molecule has 100 valence electrons. The molecule has 0 aliphatic rings. The highest BCUT2D eigenvalue weighted by Gasteiger charge is 2.19. The summed E-state index contributed by atoms with van der Waals surface area (Å²) in [5.74, 6) is 0. The number of halogens is 1. The largest absolute Gasteiger partial charge is 0.327 e. The van der Waals surface area contributed by atoms with Crippen LogP contribution >= 0.6 is 23.4 Å². The Hall–Kier alpha value is -1.03. The predicted molar refractivity (Wildman–Crippen MR) is 82.7 cm³/mol. The van der Waals surface area contributed by atoms with E-state index in [1.165, 1.54) is 11.1 Å². The third-order valence-corrected chi connectivity index (χ3v) is 4.73. The van der Waals surface area contributed by atoms with Gasteiger partial charge in [-0.3, -0.25) is 0 Å². The van der Waals surface area contributed by atoms with Crippen molar-refractivity contribution < 1.29 is 0 Å². The molecule has 4 heteroatoms. The monoisotopic (exact) mass is 292 g/mol. The third-order valence-electron chi connectivity index (χ3n) is 2.81. The van der Waals surface area contributed by atoms with Crippen molar-refractivity contribution in [2.24, 2.45) is 5.73 Å². The maximum absolute atomic E-state index is 6.17. The van der Waals surface area contributed by atoms with Gasteiger partial charge in [0.1, 0.15) is 5.03 Å². The fraction of sp³-hybridized carbons (Fsp3) is 0.267. The number of thioether (sulfide) groups is 1. The molecule has 1 heterocycles. The van der Waals surface area contributed by atoms with Crippen molar-refractivity contribution in [2.75, 3.05) is 0 Å². The molecule has 0 saturated heterocycles. The van der Waals surface area contributed by atoms with Gasteiger partial charge in [0.15, 0.2) is 0 Å². The summed E-state index contributed by atoms with van der Waals surface area (Å²) in [6, 6.07) is 12.1. The standard InChI is InChI=1S/C15H17ClN2S/c1-10-5-3-6-12(9-10)14(11(2)17)19-15-13(16)7-4-8-18-15/h3-9,11,14H,17H2,1-2H3. The summed E-state index contributed by atoms with van der Waals surface area (Å²) in [6.07, 6.45) is 1.75. The molecule has 2 N–H and O–H groups in total. The maximum atomic E-state index is 6.17. The minimum Gasteiger partial charge on any atom is -0.327 e. The number of pyridine rings is 1. The number of rotatable bonds is 4. The molecule has 0 aliphatic heterocycles. The number of hydrogen-bond acceptors (Lipinski definition) is 3. The fourth-order valence-electron chi connectivity index (χ4n) is 1.90. The van der Waals surface area contributed by atoms with Crippen molar-refractivity contribution >= 4 is 23.4 Å². The van der Waals surface area contributed by atoms with Crippen LogP contribution in [0, 0.1) is 6.92 Å². The molecule has 1 aromatic heterocycles. The quantitative estimate of drug-likeness (QED) is 0.857. The molecule has 0 bridgehead atoms. The van der Waals surface area contributed by atoms with Gasteiger partial charge in [-0.1, -0.05) is 53.2 Å². The Bertz CT molecular complexity index is 557. The van der Waals surface area contributed by atoms with Gasteiger partial charge in [0.25, 0.3) is 0 Å². The van der Waals surface area contributed by atoms with Crippen molar-refractivity contribution in [3.8, 4) is 0 Å². The number of hydrogen-bond donors (Lipinski definition) is 1. The molecular weight excluding hydrogens is 276 g/mol. The minimum atomic E-state index is 0.0184. The van der Waals surface area contributed by atoms with Crippen LogP contribution in [0.15, 0.2) is 47.6 Å². The molecule has 0 amide bonds. The van der Waals surface area contributed by atoms with Crippen molar-refractivity contribution in [2.45, 2.75) is 30.2 Å².